The summed E-state index contributed by atoms with van der Waals surface area (Å²) in [4.78, 5) is 37.9. The van der Waals surface area contributed by atoms with Crippen molar-refractivity contribution in [2.75, 3.05) is 37.1 Å². The van der Waals surface area contributed by atoms with Gasteiger partial charge in [0, 0.05) is 36.1 Å². The van der Waals surface area contributed by atoms with Crippen LogP contribution in [0.2, 0.25) is 4.34 Å². The minimum Gasteiger partial charge on any atom is -0.410 e. The number of carbonyl (C=O) groups excluding carboxylic acids is 3. The van der Waals surface area contributed by atoms with E-state index in [0.29, 0.717) is 33.6 Å². The standard InChI is InChI=1S/C19H19Cl2N3O5S/c20-8-11(9-23-18(26)15-3-4-16(21)30-15)13-7-12(1-2-14(13)29-19(22)27)24-5-6-28-10-17(24)25/h1-4,7,11H,5-6,8-10H2,(H2,22,27)(H,23,26)/t11-/m1/s1. The molecule has 0 bridgehead atoms. The number of anilines is 1. The Balaban J connectivity index is 1.84. The van der Waals surface area contributed by atoms with E-state index in [1.165, 1.54) is 0 Å². The van der Waals surface area contributed by atoms with Crippen molar-refractivity contribution in [3.63, 3.8) is 0 Å². The second kappa shape index (κ2) is 10.1. The summed E-state index contributed by atoms with van der Waals surface area (Å²) >= 11 is 13.2. The normalized spacial score (nSPS) is 15.0. The van der Waals surface area contributed by atoms with Gasteiger partial charge in [-0.25, -0.2) is 4.79 Å². The average molecular weight is 472 g/mol. The first-order valence-electron chi connectivity index (χ1n) is 8.98. The Labute approximate surface area is 186 Å². The molecule has 160 valence electrons. The molecule has 8 nitrogen and oxygen atoms in total. The highest BCUT2D eigenvalue weighted by atomic mass is 35.5. The molecule has 30 heavy (non-hydrogen) atoms. The fraction of sp³-hybridized carbons (Fsp3) is 0.316. The molecule has 11 heteroatoms. The van der Waals surface area contributed by atoms with Crippen LogP contribution in [0.25, 0.3) is 0 Å². The van der Waals surface area contributed by atoms with E-state index in [-0.39, 0.29) is 36.6 Å². The minimum absolute atomic E-state index is 0.00671. The molecule has 1 saturated heterocycles. The lowest BCUT2D eigenvalue weighted by Crippen LogP contribution is -2.41. The van der Waals surface area contributed by atoms with Crippen LogP contribution in [0.4, 0.5) is 10.5 Å². The monoisotopic (exact) mass is 471 g/mol. The first kappa shape index (κ1) is 22.4. The second-order valence-corrected chi connectivity index (χ2v) is 8.43. The van der Waals surface area contributed by atoms with Gasteiger partial charge in [-0.1, -0.05) is 11.6 Å². The Morgan fingerprint density at radius 2 is 2.13 bits per heavy atom. The topological polar surface area (TPSA) is 111 Å². The summed E-state index contributed by atoms with van der Waals surface area (Å²) in [7, 11) is 0. The summed E-state index contributed by atoms with van der Waals surface area (Å²) in [6, 6.07) is 8.19. The molecule has 0 unspecified atom stereocenters. The summed E-state index contributed by atoms with van der Waals surface area (Å²) in [5.41, 5.74) is 6.34. The van der Waals surface area contributed by atoms with Crippen LogP contribution in [-0.2, 0) is 9.53 Å². The molecule has 1 fully saturated rings. The van der Waals surface area contributed by atoms with Gasteiger partial charge in [-0.05, 0) is 30.3 Å². The molecule has 3 rings (SSSR count). The van der Waals surface area contributed by atoms with Crippen LogP contribution in [0.15, 0.2) is 30.3 Å². The number of hydrogen-bond acceptors (Lipinski definition) is 6. The van der Waals surface area contributed by atoms with E-state index in [1.54, 1.807) is 35.2 Å². The van der Waals surface area contributed by atoms with Crippen molar-refractivity contribution >= 4 is 58.1 Å². The van der Waals surface area contributed by atoms with Crippen LogP contribution in [-0.4, -0.2) is 50.1 Å². The number of amides is 3. The summed E-state index contributed by atoms with van der Waals surface area (Å²) < 4.78 is 10.8. The molecule has 0 radical (unpaired) electrons. The van der Waals surface area contributed by atoms with E-state index >= 15 is 0 Å². The zero-order valence-electron chi connectivity index (χ0n) is 15.7. The largest absolute Gasteiger partial charge is 0.410 e. The number of hydrogen-bond donors (Lipinski definition) is 2. The van der Waals surface area contributed by atoms with Gasteiger partial charge in [0.1, 0.15) is 12.4 Å². The molecule has 2 aromatic rings. The van der Waals surface area contributed by atoms with Crippen molar-refractivity contribution in [3.8, 4) is 5.75 Å². The van der Waals surface area contributed by atoms with Crippen LogP contribution < -0.4 is 20.7 Å². The second-order valence-electron chi connectivity index (χ2n) is 6.41. The molecule has 0 saturated carbocycles. The van der Waals surface area contributed by atoms with Gasteiger partial charge >= 0.3 is 6.09 Å². The van der Waals surface area contributed by atoms with Gasteiger partial charge in [0.15, 0.2) is 0 Å². The van der Waals surface area contributed by atoms with E-state index < -0.39 is 12.0 Å². The Morgan fingerprint density at radius 1 is 1.33 bits per heavy atom. The molecule has 1 aromatic carbocycles. The number of halogens is 2. The Morgan fingerprint density at radius 3 is 2.77 bits per heavy atom. The van der Waals surface area contributed by atoms with Crippen molar-refractivity contribution in [1.29, 1.82) is 0 Å². The summed E-state index contributed by atoms with van der Waals surface area (Å²) in [5, 5.41) is 2.81. The molecule has 0 aliphatic carbocycles. The zero-order chi connectivity index (χ0) is 21.7. The number of morpholine rings is 1. The number of primary amides is 1. The Kier molecular flexibility index (Phi) is 7.54. The first-order chi connectivity index (χ1) is 14.4. The van der Waals surface area contributed by atoms with E-state index in [0.717, 1.165) is 11.3 Å². The lowest BCUT2D eigenvalue weighted by atomic mass is 9.98. The van der Waals surface area contributed by atoms with Crippen molar-refractivity contribution in [3.05, 3.63) is 45.1 Å². The molecular weight excluding hydrogens is 453 g/mol. The van der Waals surface area contributed by atoms with Gasteiger partial charge < -0.3 is 25.4 Å². The number of ether oxygens (including phenoxy) is 2. The van der Waals surface area contributed by atoms with Crippen molar-refractivity contribution in [2.45, 2.75) is 5.92 Å². The van der Waals surface area contributed by atoms with E-state index in [4.69, 9.17) is 38.4 Å². The number of alkyl halides is 1. The van der Waals surface area contributed by atoms with Crippen LogP contribution in [0.3, 0.4) is 0 Å². The van der Waals surface area contributed by atoms with Gasteiger partial charge in [0.05, 0.1) is 15.8 Å². The van der Waals surface area contributed by atoms with Gasteiger partial charge in [-0.15, -0.1) is 22.9 Å². The van der Waals surface area contributed by atoms with Gasteiger partial charge in [-0.2, -0.15) is 0 Å². The Bertz CT molecular complexity index is 952. The number of thiophene rings is 1. The highest BCUT2D eigenvalue weighted by molar-refractivity contribution is 7.18. The van der Waals surface area contributed by atoms with Crippen LogP contribution in [0.1, 0.15) is 21.2 Å². The third-order valence-electron chi connectivity index (χ3n) is 4.43. The quantitative estimate of drug-likeness (QED) is 0.602. The van der Waals surface area contributed by atoms with E-state index in [1.807, 2.05) is 0 Å². The molecule has 2 heterocycles. The number of carbonyl (C=O) groups is 3. The fourth-order valence-electron chi connectivity index (χ4n) is 3.00. The third-order valence-corrected chi connectivity index (χ3v) is 6.04. The summed E-state index contributed by atoms with van der Waals surface area (Å²) in [6.45, 7) is 0.982. The van der Waals surface area contributed by atoms with E-state index in [9.17, 15) is 14.4 Å². The molecular formula is C19H19Cl2N3O5S. The predicted molar refractivity (Wildman–Crippen MR) is 115 cm³/mol. The SMILES string of the molecule is NC(=O)Oc1ccc(N2CCOCC2=O)cc1[C@H](CCl)CNC(=O)c1ccc(Cl)s1. The fourth-order valence-corrected chi connectivity index (χ4v) is 4.24. The maximum Gasteiger partial charge on any atom is 0.409 e. The van der Waals surface area contributed by atoms with Crippen molar-refractivity contribution in [1.82, 2.24) is 5.32 Å². The van der Waals surface area contributed by atoms with Crippen LogP contribution in [0, 0.1) is 0 Å². The summed E-state index contributed by atoms with van der Waals surface area (Å²) in [6.07, 6.45) is -0.975. The molecule has 1 aromatic heterocycles. The third kappa shape index (κ3) is 5.42. The highest BCUT2D eigenvalue weighted by Gasteiger charge is 2.24. The molecule has 3 amide bonds. The van der Waals surface area contributed by atoms with Gasteiger partial charge in [0.2, 0.25) is 0 Å². The number of rotatable bonds is 7. The van der Waals surface area contributed by atoms with Crippen molar-refractivity contribution in [2.24, 2.45) is 5.73 Å². The maximum absolute atomic E-state index is 12.4. The minimum atomic E-state index is -0.975. The van der Waals surface area contributed by atoms with Crippen LogP contribution in [0.5, 0.6) is 5.75 Å². The number of benzene rings is 1. The van der Waals surface area contributed by atoms with Gasteiger partial charge in [-0.3, -0.25) is 9.59 Å². The lowest BCUT2D eigenvalue weighted by molar-refractivity contribution is -0.125. The number of nitrogens with zero attached hydrogens (tertiary/aromatic N) is 1. The van der Waals surface area contributed by atoms with Crippen LogP contribution >= 0.6 is 34.5 Å². The molecule has 1 atom stereocenters. The predicted octanol–water partition coefficient (Wildman–Crippen LogP) is 2.97. The Hall–Kier alpha value is -2.33. The van der Waals surface area contributed by atoms with E-state index in [2.05, 4.69) is 5.32 Å². The maximum atomic E-state index is 12.4. The lowest BCUT2D eigenvalue weighted by Gasteiger charge is -2.28. The highest BCUT2D eigenvalue weighted by Crippen LogP contribution is 2.33. The molecule has 1 aliphatic rings. The summed E-state index contributed by atoms with van der Waals surface area (Å²) in [5.74, 6) is -0.538. The smallest absolute Gasteiger partial charge is 0.409 e. The molecule has 0 spiro atoms. The molecule has 1 aliphatic heterocycles. The zero-order valence-corrected chi connectivity index (χ0v) is 18.1. The average Bonchev–Trinajstić information content (AvgIpc) is 3.16. The first-order valence-corrected chi connectivity index (χ1v) is 10.7. The van der Waals surface area contributed by atoms with Crippen molar-refractivity contribution < 1.29 is 23.9 Å². The number of nitrogens with one attached hydrogen (secondary N) is 1. The van der Waals surface area contributed by atoms with Gasteiger partial charge in [0.25, 0.3) is 11.8 Å². The number of nitrogens with two attached hydrogens (primary N) is 1. The molecule has 3 N–H and O–H groups in total.